The van der Waals surface area contributed by atoms with Crippen LogP contribution >= 0.6 is 0 Å². The first-order valence-corrected chi connectivity index (χ1v) is 7.13. The van der Waals surface area contributed by atoms with Gasteiger partial charge in [-0.2, -0.15) is 4.98 Å². The second kappa shape index (κ2) is 6.51. The molecule has 3 rings (SSSR count). The fourth-order valence-electron chi connectivity index (χ4n) is 2.29. The Hall–Kier alpha value is -2.50. The number of aromatic nitrogens is 2. The summed E-state index contributed by atoms with van der Waals surface area (Å²) in [6, 6.07) is 9.80. The standard InChI is InChI=1S/C16H18N2O4/c1-19-15-9-11(17-16(18-15)20-2)7-8-12-10-21-13-5-3-4-6-14(13)22-12/h3-6,9,12H,7-8,10H2,1-2H3/t12-/m1/s1. The first-order valence-electron chi connectivity index (χ1n) is 7.13. The molecular weight excluding hydrogens is 284 g/mol. The third kappa shape index (κ3) is 3.21. The summed E-state index contributed by atoms with van der Waals surface area (Å²) in [7, 11) is 3.11. The van der Waals surface area contributed by atoms with Gasteiger partial charge in [0.15, 0.2) is 11.5 Å². The van der Waals surface area contributed by atoms with E-state index in [1.54, 1.807) is 13.2 Å². The Kier molecular flexibility index (Phi) is 4.27. The molecular formula is C16H18N2O4. The predicted molar refractivity (Wildman–Crippen MR) is 79.8 cm³/mol. The summed E-state index contributed by atoms with van der Waals surface area (Å²) in [6.07, 6.45) is 1.52. The normalized spacial score (nSPS) is 16.2. The van der Waals surface area contributed by atoms with Gasteiger partial charge in [0.2, 0.25) is 5.88 Å². The van der Waals surface area contributed by atoms with E-state index in [-0.39, 0.29) is 6.10 Å². The van der Waals surface area contributed by atoms with Crippen molar-refractivity contribution in [2.24, 2.45) is 0 Å². The van der Waals surface area contributed by atoms with Gasteiger partial charge >= 0.3 is 6.01 Å². The molecule has 0 N–H and O–H groups in total. The molecule has 0 spiro atoms. The van der Waals surface area contributed by atoms with E-state index < -0.39 is 0 Å². The van der Waals surface area contributed by atoms with E-state index in [1.807, 2.05) is 24.3 Å². The molecule has 22 heavy (non-hydrogen) atoms. The monoisotopic (exact) mass is 302 g/mol. The SMILES string of the molecule is COc1cc(CC[C@@H]2COc3ccccc3O2)nc(OC)n1. The highest BCUT2D eigenvalue weighted by Crippen LogP contribution is 2.31. The molecule has 6 nitrogen and oxygen atoms in total. The average Bonchev–Trinajstić information content (AvgIpc) is 2.59. The quantitative estimate of drug-likeness (QED) is 0.844. The Morgan fingerprint density at radius 1 is 1.14 bits per heavy atom. The highest BCUT2D eigenvalue weighted by atomic mass is 16.6. The van der Waals surface area contributed by atoms with Crippen molar-refractivity contribution in [2.75, 3.05) is 20.8 Å². The minimum absolute atomic E-state index is 0.00172. The molecule has 2 aromatic rings. The highest BCUT2D eigenvalue weighted by molar-refractivity contribution is 5.40. The van der Waals surface area contributed by atoms with E-state index >= 15 is 0 Å². The Labute approximate surface area is 129 Å². The summed E-state index contributed by atoms with van der Waals surface area (Å²) in [5.74, 6) is 2.08. The fraction of sp³-hybridized carbons (Fsp3) is 0.375. The molecule has 0 radical (unpaired) electrons. The molecule has 1 aliphatic heterocycles. The van der Waals surface area contributed by atoms with Gasteiger partial charge in [-0.25, -0.2) is 4.98 Å². The number of ether oxygens (including phenoxy) is 4. The lowest BCUT2D eigenvalue weighted by atomic mass is 10.1. The summed E-state index contributed by atoms with van der Waals surface area (Å²) in [5.41, 5.74) is 0.853. The van der Waals surface area contributed by atoms with Crippen LogP contribution in [0.25, 0.3) is 0 Å². The average molecular weight is 302 g/mol. The maximum absolute atomic E-state index is 5.94. The molecule has 0 bridgehead atoms. The molecule has 0 saturated carbocycles. The van der Waals surface area contributed by atoms with E-state index in [0.717, 1.165) is 30.0 Å². The molecule has 2 heterocycles. The zero-order chi connectivity index (χ0) is 15.4. The lowest BCUT2D eigenvalue weighted by Crippen LogP contribution is -2.29. The van der Waals surface area contributed by atoms with Crippen molar-refractivity contribution in [3.63, 3.8) is 0 Å². The molecule has 1 aromatic heterocycles. The van der Waals surface area contributed by atoms with Crippen LogP contribution in [0.15, 0.2) is 30.3 Å². The van der Waals surface area contributed by atoms with Gasteiger partial charge in [-0.1, -0.05) is 12.1 Å². The largest absolute Gasteiger partial charge is 0.486 e. The Balaban J connectivity index is 1.64. The van der Waals surface area contributed by atoms with E-state index in [9.17, 15) is 0 Å². The van der Waals surface area contributed by atoms with Crippen LogP contribution in [0.4, 0.5) is 0 Å². The number of fused-ring (bicyclic) bond motifs is 1. The second-order valence-electron chi connectivity index (χ2n) is 4.92. The maximum atomic E-state index is 5.94. The first-order chi connectivity index (χ1) is 10.8. The van der Waals surface area contributed by atoms with Gasteiger partial charge in [-0.15, -0.1) is 0 Å². The smallest absolute Gasteiger partial charge is 0.319 e. The van der Waals surface area contributed by atoms with Crippen LogP contribution < -0.4 is 18.9 Å². The summed E-state index contributed by atoms with van der Waals surface area (Å²) in [6.45, 7) is 0.538. The molecule has 6 heteroatoms. The molecule has 1 aliphatic rings. The maximum Gasteiger partial charge on any atom is 0.319 e. The van der Waals surface area contributed by atoms with Crippen molar-refractivity contribution < 1.29 is 18.9 Å². The lowest BCUT2D eigenvalue weighted by Gasteiger charge is -2.26. The molecule has 0 saturated heterocycles. The number of hydrogen-bond donors (Lipinski definition) is 0. The van der Waals surface area contributed by atoms with Crippen LogP contribution in [-0.4, -0.2) is 36.9 Å². The number of methoxy groups -OCH3 is 2. The van der Waals surface area contributed by atoms with Crippen LogP contribution in [0.1, 0.15) is 12.1 Å². The van der Waals surface area contributed by atoms with Gasteiger partial charge in [0.05, 0.1) is 19.9 Å². The number of para-hydroxylation sites is 2. The number of benzene rings is 1. The van der Waals surface area contributed by atoms with Gasteiger partial charge < -0.3 is 18.9 Å². The van der Waals surface area contributed by atoms with Crippen LogP contribution in [0.3, 0.4) is 0 Å². The van der Waals surface area contributed by atoms with E-state index in [2.05, 4.69) is 9.97 Å². The van der Waals surface area contributed by atoms with Crippen molar-refractivity contribution in [2.45, 2.75) is 18.9 Å². The van der Waals surface area contributed by atoms with Crippen molar-refractivity contribution in [3.05, 3.63) is 36.0 Å². The molecule has 116 valence electrons. The molecule has 0 fully saturated rings. The van der Waals surface area contributed by atoms with Crippen molar-refractivity contribution in [1.29, 1.82) is 0 Å². The zero-order valence-corrected chi connectivity index (χ0v) is 12.6. The highest BCUT2D eigenvalue weighted by Gasteiger charge is 2.20. The summed E-state index contributed by atoms with van der Waals surface area (Å²) in [4.78, 5) is 8.40. The Morgan fingerprint density at radius 2 is 1.95 bits per heavy atom. The Morgan fingerprint density at radius 3 is 2.73 bits per heavy atom. The number of rotatable bonds is 5. The molecule has 1 atom stereocenters. The summed E-state index contributed by atoms with van der Waals surface area (Å²) in [5, 5.41) is 0. The molecule has 1 aromatic carbocycles. The van der Waals surface area contributed by atoms with Crippen LogP contribution in [0.5, 0.6) is 23.4 Å². The van der Waals surface area contributed by atoms with Crippen LogP contribution in [0, 0.1) is 0 Å². The number of hydrogen-bond acceptors (Lipinski definition) is 6. The van der Waals surface area contributed by atoms with Gasteiger partial charge in [-0.3, -0.25) is 0 Å². The predicted octanol–water partition coefficient (Wildman–Crippen LogP) is 2.27. The first kappa shape index (κ1) is 14.4. The summed E-state index contributed by atoms with van der Waals surface area (Å²) >= 11 is 0. The third-order valence-electron chi connectivity index (χ3n) is 3.42. The van der Waals surface area contributed by atoms with Crippen LogP contribution in [0.2, 0.25) is 0 Å². The minimum atomic E-state index is 0.00172. The summed E-state index contributed by atoms with van der Waals surface area (Å²) < 4.78 is 21.9. The molecule has 0 amide bonds. The van der Waals surface area contributed by atoms with E-state index in [0.29, 0.717) is 18.5 Å². The second-order valence-corrected chi connectivity index (χ2v) is 4.92. The van der Waals surface area contributed by atoms with Gasteiger partial charge in [0.1, 0.15) is 12.7 Å². The molecule has 0 aliphatic carbocycles. The Bertz CT molecular complexity index is 626. The van der Waals surface area contributed by atoms with E-state index in [1.165, 1.54) is 7.11 Å². The third-order valence-corrected chi connectivity index (χ3v) is 3.42. The van der Waals surface area contributed by atoms with E-state index in [4.69, 9.17) is 18.9 Å². The van der Waals surface area contributed by atoms with Gasteiger partial charge in [-0.05, 0) is 25.0 Å². The zero-order valence-electron chi connectivity index (χ0n) is 12.6. The topological polar surface area (TPSA) is 62.7 Å². The van der Waals surface area contributed by atoms with Crippen molar-refractivity contribution >= 4 is 0 Å². The van der Waals surface area contributed by atoms with Gasteiger partial charge in [0.25, 0.3) is 0 Å². The number of nitrogens with zero attached hydrogens (tertiary/aromatic N) is 2. The van der Waals surface area contributed by atoms with Gasteiger partial charge in [0, 0.05) is 6.07 Å². The molecule has 0 unspecified atom stereocenters. The lowest BCUT2D eigenvalue weighted by molar-refractivity contribution is 0.0849. The number of aryl methyl sites for hydroxylation is 1. The van der Waals surface area contributed by atoms with Crippen molar-refractivity contribution in [3.8, 4) is 23.4 Å². The van der Waals surface area contributed by atoms with Crippen LogP contribution in [-0.2, 0) is 6.42 Å². The fourth-order valence-corrected chi connectivity index (χ4v) is 2.29. The minimum Gasteiger partial charge on any atom is -0.486 e. The van der Waals surface area contributed by atoms with Crippen molar-refractivity contribution in [1.82, 2.24) is 9.97 Å².